The molecule has 0 fully saturated rings. The number of carbonyl (C=O) groups is 1. The van der Waals surface area contributed by atoms with E-state index >= 15 is 0 Å². The van der Waals surface area contributed by atoms with Crippen LogP contribution in [0, 0.1) is 5.92 Å². The van der Waals surface area contributed by atoms with Crippen molar-refractivity contribution < 1.29 is 9.90 Å². The molecule has 4 N–H and O–H groups in total. The Labute approximate surface area is 89.1 Å². The number of phenols is 1. The summed E-state index contributed by atoms with van der Waals surface area (Å²) in [5.74, 6) is -0.177. The van der Waals surface area contributed by atoms with Crippen LogP contribution in [-0.4, -0.2) is 17.1 Å². The van der Waals surface area contributed by atoms with Gasteiger partial charge in [0.15, 0.2) is 0 Å². The van der Waals surface area contributed by atoms with Crippen molar-refractivity contribution in [3.05, 3.63) is 24.3 Å². The fourth-order valence-electron chi connectivity index (χ4n) is 1.10. The maximum Gasteiger partial charge on any atom is 0.241 e. The third-order valence-electron chi connectivity index (χ3n) is 2.18. The van der Waals surface area contributed by atoms with Crippen LogP contribution >= 0.6 is 0 Å². The molecule has 1 atom stereocenters. The van der Waals surface area contributed by atoms with Gasteiger partial charge >= 0.3 is 0 Å². The molecule has 0 radical (unpaired) electrons. The first-order chi connectivity index (χ1) is 7.02. The highest BCUT2D eigenvalue weighted by Gasteiger charge is 2.17. The molecule has 1 aromatic rings. The fourth-order valence-corrected chi connectivity index (χ4v) is 1.10. The van der Waals surface area contributed by atoms with Gasteiger partial charge in [-0.15, -0.1) is 0 Å². The van der Waals surface area contributed by atoms with E-state index in [-0.39, 0.29) is 17.6 Å². The molecule has 0 spiro atoms. The fraction of sp³-hybridized carbons (Fsp3) is 0.364. The SMILES string of the molecule is CC(C)[C@@H](N)C(=O)Nc1ccccc1O. The maximum absolute atomic E-state index is 11.6. The zero-order chi connectivity index (χ0) is 11.4. The predicted molar refractivity (Wildman–Crippen MR) is 59.5 cm³/mol. The van der Waals surface area contributed by atoms with E-state index < -0.39 is 6.04 Å². The molecule has 0 aliphatic rings. The molecule has 4 nitrogen and oxygen atoms in total. The van der Waals surface area contributed by atoms with Crippen LogP contribution in [0.5, 0.6) is 5.75 Å². The highest BCUT2D eigenvalue weighted by atomic mass is 16.3. The molecule has 0 unspecified atom stereocenters. The largest absolute Gasteiger partial charge is 0.506 e. The molecular weight excluding hydrogens is 192 g/mol. The van der Waals surface area contributed by atoms with Gasteiger partial charge in [-0.1, -0.05) is 26.0 Å². The molecule has 0 aliphatic carbocycles. The Balaban J connectivity index is 2.71. The first-order valence-corrected chi connectivity index (χ1v) is 4.87. The smallest absolute Gasteiger partial charge is 0.241 e. The standard InChI is InChI=1S/C11H16N2O2/c1-7(2)10(12)11(15)13-8-5-3-4-6-9(8)14/h3-7,10,14H,12H2,1-2H3,(H,13,15)/t10-/m1/s1. The molecule has 15 heavy (non-hydrogen) atoms. The lowest BCUT2D eigenvalue weighted by molar-refractivity contribution is -0.118. The summed E-state index contributed by atoms with van der Waals surface area (Å²) in [6.45, 7) is 3.74. The number of hydrogen-bond donors (Lipinski definition) is 3. The second kappa shape index (κ2) is 4.79. The number of nitrogens with one attached hydrogen (secondary N) is 1. The van der Waals surface area contributed by atoms with E-state index in [1.165, 1.54) is 6.07 Å². The van der Waals surface area contributed by atoms with Crippen molar-refractivity contribution in [3.63, 3.8) is 0 Å². The Morgan fingerprint density at radius 1 is 1.40 bits per heavy atom. The molecule has 0 heterocycles. The van der Waals surface area contributed by atoms with Crippen LogP contribution in [0.25, 0.3) is 0 Å². The van der Waals surface area contributed by atoms with E-state index in [0.29, 0.717) is 5.69 Å². The number of benzene rings is 1. The molecule has 0 aromatic heterocycles. The van der Waals surface area contributed by atoms with Crippen LogP contribution in [0.1, 0.15) is 13.8 Å². The van der Waals surface area contributed by atoms with Gasteiger partial charge in [0.05, 0.1) is 11.7 Å². The van der Waals surface area contributed by atoms with Crippen LogP contribution in [0.3, 0.4) is 0 Å². The molecule has 0 saturated carbocycles. The van der Waals surface area contributed by atoms with Gasteiger partial charge in [-0.05, 0) is 18.1 Å². The lowest BCUT2D eigenvalue weighted by atomic mass is 10.0. The second-order valence-electron chi connectivity index (χ2n) is 3.78. The first kappa shape index (κ1) is 11.5. The minimum absolute atomic E-state index is 0.0433. The quantitative estimate of drug-likeness (QED) is 0.656. The van der Waals surface area contributed by atoms with E-state index in [0.717, 1.165) is 0 Å². The first-order valence-electron chi connectivity index (χ1n) is 4.87. The van der Waals surface area contributed by atoms with Gasteiger partial charge in [0.1, 0.15) is 5.75 Å². The molecular formula is C11H16N2O2. The van der Waals surface area contributed by atoms with Crippen molar-refractivity contribution in [2.45, 2.75) is 19.9 Å². The van der Waals surface area contributed by atoms with Crippen molar-refractivity contribution in [3.8, 4) is 5.75 Å². The number of nitrogens with two attached hydrogens (primary N) is 1. The number of anilines is 1. The molecule has 1 amide bonds. The van der Waals surface area contributed by atoms with E-state index in [4.69, 9.17) is 5.73 Å². The summed E-state index contributed by atoms with van der Waals surface area (Å²) in [7, 11) is 0. The van der Waals surface area contributed by atoms with Crippen molar-refractivity contribution >= 4 is 11.6 Å². The molecule has 0 bridgehead atoms. The van der Waals surface area contributed by atoms with E-state index in [2.05, 4.69) is 5.32 Å². The summed E-state index contributed by atoms with van der Waals surface area (Å²) in [5, 5.41) is 12.0. The Bertz CT molecular complexity index is 350. The van der Waals surface area contributed by atoms with Crippen molar-refractivity contribution in [1.82, 2.24) is 0 Å². The number of carbonyl (C=O) groups excluding carboxylic acids is 1. The molecule has 0 aliphatic heterocycles. The number of phenolic OH excluding ortho intramolecular Hbond substituents is 1. The zero-order valence-electron chi connectivity index (χ0n) is 8.90. The topological polar surface area (TPSA) is 75.4 Å². The van der Waals surface area contributed by atoms with Gasteiger partial charge in [0.2, 0.25) is 5.91 Å². The van der Waals surface area contributed by atoms with Gasteiger partial charge in [-0.2, -0.15) is 0 Å². The van der Waals surface area contributed by atoms with Crippen LogP contribution < -0.4 is 11.1 Å². The van der Waals surface area contributed by atoms with Crippen LogP contribution in [0.2, 0.25) is 0 Å². The number of hydrogen-bond acceptors (Lipinski definition) is 3. The number of aromatic hydroxyl groups is 1. The molecule has 82 valence electrons. The van der Waals surface area contributed by atoms with Crippen molar-refractivity contribution in [2.24, 2.45) is 11.7 Å². The highest BCUT2D eigenvalue weighted by molar-refractivity contribution is 5.95. The van der Waals surface area contributed by atoms with Gasteiger partial charge in [-0.25, -0.2) is 0 Å². The lowest BCUT2D eigenvalue weighted by Gasteiger charge is -2.15. The zero-order valence-corrected chi connectivity index (χ0v) is 8.90. The summed E-state index contributed by atoms with van der Waals surface area (Å²) >= 11 is 0. The van der Waals surface area contributed by atoms with Crippen LogP contribution in [-0.2, 0) is 4.79 Å². The van der Waals surface area contributed by atoms with Crippen molar-refractivity contribution in [2.75, 3.05) is 5.32 Å². The Morgan fingerprint density at radius 3 is 2.53 bits per heavy atom. The molecule has 1 aromatic carbocycles. The third kappa shape index (κ3) is 2.95. The summed E-state index contributed by atoms with van der Waals surface area (Å²) in [6, 6.07) is 5.99. The van der Waals surface area contributed by atoms with E-state index in [1.807, 2.05) is 13.8 Å². The highest BCUT2D eigenvalue weighted by Crippen LogP contribution is 2.21. The van der Waals surface area contributed by atoms with Crippen LogP contribution in [0.4, 0.5) is 5.69 Å². The molecule has 4 heteroatoms. The average Bonchev–Trinajstić information content (AvgIpc) is 2.20. The minimum Gasteiger partial charge on any atom is -0.506 e. The lowest BCUT2D eigenvalue weighted by Crippen LogP contribution is -2.39. The normalized spacial score (nSPS) is 12.5. The predicted octanol–water partition coefficient (Wildman–Crippen LogP) is 1.31. The van der Waals surface area contributed by atoms with Gasteiger partial charge in [-0.3, -0.25) is 4.79 Å². The Kier molecular flexibility index (Phi) is 3.68. The van der Waals surface area contributed by atoms with Crippen LogP contribution in [0.15, 0.2) is 24.3 Å². The summed E-state index contributed by atoms with van der Waals surface area (Å²) in [4.78, 5) is 11.6. The molecule has 1 rings (SSSR count). The van der Waals surface area contributed by atoms with Gasteiger partial charge < -0.3 is 16.2 Å². The Morgan fingerprint density at radius 2 is 2.00 bits per heavy atom. The van der Waals surface area contributed by atoms with E-state index in [1.54, 1.807) is 18.2 Å². The number of rotatable bonds is 3. The summed E-state index contributed by atoms with van der Waals surface area (Å²) < 4.78 is 0. The number of amides is 1. The summed E-state index contributed by atoms with van der Waals surface area (Å²) in [6.07, 6.45) is 0. The van der Waals surface area contributed by atoms with Crippen molar-refractivity contribution in [1.29, 1.82) is 0 Å². The summed E-state index contributed by atoms with van der Waals surface area (Å²) in [5.41, 5.74) is 6.05. The van der Waals surface area contributed by atoms with Gasteiger partial charge in [0.25, 0.3) is 0 Å². The van der Waals surface area contributed by atoms with E-state index in [9.17, 15) is 9.90 Å². The maximum atomic E-state index is 11.6. The second-order valence-corrected chi connectivity index (χ2v) is 3.78. The minimum atomic E-state index is -0.565. The monoisotopic (exact) mass is 208 g/mol. The molecule has 0 saturated heterocycles. The van der Waals surface area contributed by atoms with Gasteiger partial charge in [0, 0.05) is 0 Å². The Hall–Kier alpha value is -1.55. The third-order valence-corrected chi connectivity index (χ3v) is 2.18. The number of para-hydroxylation sites is 2. The average molecular weight is 208 g/mol.